The van der Waals surface area contributed by atoms with Gasteiger partial charge in [-0.3, -0.25) is 0 Å². The Morgan fingerprint density at radius 3 is 2.86 bits per heavy atom. The number of fused-ring (bicyclic) bond motifs is 1. The van der Waals surface area contributed by atoms with Gasteiger partial charge in [0.15, 0.2) is 0 Å². The molecule has 0 amide bonds. The summed E-state index contributed by atoms with van der Waals surface area (Å²) in [5.74, 6) is 0.813. The summed E-state index contributed by atoms with van der Waals surface area (Å²) in [7, 11) is 1.64. The first-order valence-corrected chi connectivity index (χ1v) is 5.17. The van der Waals surface area contributed by atoms with Crippen LogP contribution in [-0.2, 0) is 0 Å². The Labute approximate surface area is 95.0 Å². The van der Waals surface area contributed by atoms with E-state index in [1.165, 1.54) is 0 Å². The molecular weight excluding hydrogens is 265 g/mol. The first-order valence-electron chi connectivity index (χ1n) is 4.00. The van der Waals surface area contributed by atoms with E-state index in [0.29, 0.717) is 5.15 Å². The van der Waals surface area contributed by atoms with E-state index in [4.69, 9.17) is 16.3 Å². The van der Waals surface area contributed by atoms with Gasteiger partial charge < -0.3 is 4.74 Å². The molecule has 0 saturated carbocycles. The van der Waals surface area contributed by atoms with E-state index in [9.17, 15) is 0 Å². The lowest BCUT2D eigenvalue weighted by molar-refractivity contribution is 0.415. The molecule has 0 aliphatic carbocycles. The fraction of sp³-hybridized carbons (Fsp3) is 0.100. The van der Waals surface area contributed by atoms with Crippen LogP contribution < -0.4 is 4.74 Å². The minimum Gasteiger partial charge on any atom is -0.497 e. The van der Waals surface area contributed by atoms with Gasteiger partial charge in [0.2, 0.25) is 0 Å². The minimum absolute atomic E-state index is 0.475. The standard InChI is InChI=1S/C10H7BrClNO/c1-14-7-2-3-9-6(4-7)5-8(11)10(12)13-9/h2-5H,1H3. The lowest BCUT2D eigenvalue weighted by Gasteiger charge is -2.03. The number of halogens is 2. The zero-order valence-electron chi connectivity index (χ0n) is 7.42. The highest BCUT2D eigenvalue weighted by Gasteiger charge is 2.02. The predicted molar refractivity (Wildman–Crippen MR) is 61.0 cm³/mol. The second kappa shape index (κ2) is 3.75. The zero-order valence-corrected chi connectivity index (χ0v) is 9.76. The summed E-state index contributed by atoms with van der Waals surface area (Å²) < 4.78 is 5.91. The van der Waals surface area contributed by atoms with Crippen molar-refractivity contribution in [3.05, 3.63) is 33.9 Å². The van der Waals surface area contributed by atoms with Gasteiger partial charge in [0.05, 0.1) is 17.1 Å². The third-order valence-corrected chi connectivity index (χ3v) is 3.05. The number of nitrogens with zero attached hydrogens (tertiary/aromatic N) is 1. The Morgan fingerprint density at radius 1 is 1.36 bits per heavy atom. The molecule has 0 atom stereocenters. The summed E-state index contributed by atoms with van der Waals surface area (Å²) in [4.78, 5) is 4.21. The number of aromatic nitrogens is 1. The number of ether oxygens (including phenoxy) is 1. The number of benzene rings is 1. The summed E-state index contributed by atoms with van der Waals surface area (Å²) in [6.45, 7) is 0. The quantitative estimate of drug-likeness (QED) is 0.739. The molecule has 1 aromatic carbocycles. The Morgan fingerprint density at radius 2 is 2.14 bits per heavy atom. The molecule has 2 aromatic rings. The average Bonchev–Trinajstić information content (AvgIpc) is 2.19. The fourth-order valence-corrected chi connectivity index (χ4v) is 1.71. The summed E-state index contributed by atoms with van der Waals surface area (Å²) in [6.07, 6.45) is 0. The maximum atomic E-state index is 5.87. The van der Waals surface area contributed by atoms with Gasteiger partial charge in [0.25, 0.3) is 0 Å². The topological polar surface area (TPSA) is 22.1 Å². The molecule has 0 unspecified atom stereocenters. The van der Waals surface area contributed by atoms with E-state index in [1.54, 1.807) is 7.11 Å². The maximum Gasteiger partial charge on any atom is 0.143 e. The third kappa shape index (κ3) is 1.70. The average molecular weight is 273 g/mol. The number of pyridine rings is 1. The van der Waals surface area contributed by atoms with Gasteiger partial charge in [-0.1, -0.05) is 11.6 Å². The molecule has 2 nitrogen and oxygen atoms in total. The van der Waals surface area contributed by atoms with Gasteiger partial charge in [-0.2, -0.15) is 0 Å². The van der Waals surface area contributed by atoms with Crippen molar-refractivity contribution in [1.82, 2.24) is 4.98 Å². The maximum absolute atomic E-state index is 5.87. The van der Waals surface area contributed by atoms with Crippen LogP contribution in [0.25, 0.3) is 10.9 Å². The summed E-state index contributed by atoms with van der Waals surface area (Å²) in [5.41, 5.74) is 0.860. The lowest BCUT2D eigenvalue weighted by atomic mass is 10.2. The third-order valence-electron chi connectivity index (χ3n) is 1.93. The van der Waals surface area contributed by atoms with Crippen molar-refractivity contribution in [3.63, 3.8) is 0 Å². The first-order chi connectivity index (χ1) is 6.70. The number of hydrogen-bond acceptors (Lipinski definition) is 2. The van der Waals surface area contributed by atoms with E-state index >= 15 is 0 Å². The number of hydrogen-bond donors (Lipinski definition) is 0. The van der Waals surface area contributed by atoms with Crippen LogP contribution in [0, 0.1) is 0 Å². The van der Waals surface area contributed by atoms with Crippen molar-refractivity contribution in [1.29, 1.82) is 0 Å². The van der Waals surface area contributed by atoms with Gasteiger partial charge in [0.1, 0.15) is 10.9 Å². The Bertz CT molecular complexity index is 487. The predicted octanol–water partition coefficient (Wildman–Crippen LogP) is 3.66. The Hall–Kier alpha value is -0.800. The molecule has 0 aliphatic rings. The van der Waals surface area contributed by atoms with Crippen LogP contribution in [0.3, 0.4) is 0 Å². The highest BCUT2D eigenvalue weighted by Crippen LogP contribution is 2.27. The largest absolute Gasteiger partial charge is 0.497 e. The molecule has 14 heavy (non-hydrogen) atoms. The Kier molecular flexibility index (Phi) is 2.61. The van der Waals surface area contributed by atoms with Crippen LogP contribution in [0.15, 0.2) is 28.7 Å². The number of rotatable bonds is 1. The van der Waals surface area contributed by atoms with Crippen molar-refractivity contribution in [3.8, 4) is 5.75 Å². The van der Waals surface area contributed by atoms with Crippen molar-refractivity contribution in [2.45, 2.75) is 0 Å². The van der Waals surface area contributed by atoms with E-state index in [1.807, 2.05) is 24.3 Å². The summed E-state index contributed by atoms with van der Waals surface area (Å²) >= 11 is 9.20. The summed E-state index contributed by atoms with van der Waals surface area (Å²) in [5, 5.41) is 1.48. The highest BCUT2D eigenvalue weighted by molar-refractivity contribution is 9.10. The normalized spacial score (nSPS) is 10.5. The lowest BCUT2D eigenvalue weighted by Crippen LogP contribution is -1.85. The smallest absolute Gasteiger partial charge is 0.143 e. The molecule has 0 bridgehead atoms. The van der Waals surface area contributed by atoms with Crippen molar-refractivity contribution >= 4 is 38.4 Å². The monoisotopic (exact) mass is 271 g/mol. The van der Waals surface area contributed by atoms with E-state index in [2.05, 4.69) is 20.9 Å². The van der Waals surface area contributed by atoms with E-state index in [0.717, 1.165) is 21.1 Å². The zero-order chi connectivity index (χ0) is 10.1. The summed E-state index contributed by atoms with van der Waals surface area (Å²) in [6, 6.07) is 7.59. The van der Waals surface area contributed by atoms with Gasteiger partial charge >= 0.3 is 0 Å². The van der Waals surface area contributed by atoms with Crippen LogP contribution in [0.5, 0.6) is 5.75 Å². The second-order valence-corrected chi connectivity index (χ2v) is 4.03. The number of methoxy groups -OCH3 is 1. The highest BCUT2D eigenvalue weighted by atomic mass is 79.9. The molecule has 0 saturated heterocycles. The van der Waals surface area contributed by atoms with Gasteiger partial charge in [0, 0.05) is 5.39 Å². The van der Waals surface area contributed by atoms with Crippen LogP contribution in [0.2, 0.25) is 5.15 Å². The van der Waals surface area contributed by atoms with Crippen LogP contribution in [0.4, 0.5) is 0 Å². The molecule has 0 radical (unpaired) electrons. The van der Waals surface area contributed by atoms with Crippen LogP contribution >= 0.6 is 27.5 Å². The van der Waals surface area contributed by atoms with E-state index < -0.39 is 0 Å². The molecule has 1 heterocycles. The first kappa shape index (κ1) is 9.74. The molecule has 1 aromatic heterocycles. The SMILES string of the molecule is COc1ccc2nc(Cl)c(Br)cc2c1. The molecule has 0 N–H and O–H groups in total. The Balaban J connectivity index is 2.70. The van der Waals surface area contributed by atoms with Crippen molar-refractivity contribution < 1.29 is 4.74 Å². The minimum atomic E-state index is 0.475. The molecule has 2 rings (SSSR count). The fourth-order valence-electron chi connectivity index (χ4n) is 1.23. The molecular formula is C10H7BrClNO. The molecule has 4 heteroatoms. The molecule has 0 spiro atoms. The van der Waals surface area contributed by atoms with Gasteiger partial charge in [-0.25, -0.2) is 4.98 Å². The van der Waals surface area contributed by atoms with Crippen molar-refractivity contribution in [2.24, 2.45) is 0 Å². The van der Waals surface area contributed by atoms with E-state index in [-0.39, 0.29) is 0 Å². The van der Waals surface area contributed by atoms with Gasteiger partial charge in [-0.05, 0) is 40.2 Å². The van der Waals surface area contributed by atoms with Crippen LogP contribution in [0.1, 0.15) is 0 Å². The van der Waals surface area contributed by atoms with Crippen molar-refractivity contribution in [2.75, 3.05) is 7.11 Å². The van der Waals surface area contributed by atoms with Gasteiger partial charge in [-0.15, -0.1) is 0 Å². The molecule has 0 fully saturated rings. The molecule has 0 aliphatic heterocycles. The second-order valence-electron chi connectivity index (χ2n) is 2.82. The molecule has 72 valence electrons. The van der Waals surface area contributed by atoms with Crippen LogP contribution in [-0.4, -0.2) is 12.1 Å².